The molecule has 4 heteroatoms. The normalized spacial score (nSPS) is 10.8. The topological polar surface area (TPSA) is 41.1 Å². The summed E-state index contributed by atoms with van der Waals surface area (Å²) < 4.78 is 0. The van der Waals surface area contributed by atoms with E-state index in [4.69, 9.17) is 0 Å². The fourth-order valence-corrected chi connectivity index (χ4v) is 2.26. The molecule has 0 bridgehead atoms. The third-order valence-corrected chi connectivity index (χ3v) is 3.43. The Kier molecular flexibility index (Phi) is 8.51. The van der Waals surface area contributed by atoms with Gasteiger partial charge in [0.1, 0.15) is 0 Å². The van der Waals surface area contributed by atoms with Crippen LogP contribution in [-0.4, -0.2) is 26.0 Å². The Hall–Kier alpha value is -1.06. The molecule has 0 aliphatic rings. The number of amides is 1. The summed E-state index contributed by atoms with van der Waals surface area (Å²) >= 11 is 0. The quantitative estimate of drug-likeness (QED) is 0.760. The van der Waals surface area contributed by atoms with E-state index in [1.54, 1.807) is 0 Å². The summed E-state index contributed by atoms with van der Waals surface area (Å²) in [5.41, 5.74) is 2.53. The van der Waals surface area contributed by atoms with Gasteiger partial charge in [-0.05, 0) is 38.1 Å². The molecule has 0 saturated carbocycles. The van der Waals surface area contributed by atoms with Gasteiger partial charge in [-0.15, -0.1) is 12.4 Å². The van der Waals surface area contributed by atoms with Gasteiger partial charge in [0.15, 0.2) is 0 Å². The van der Waals surface area contributed by atoms with E-state index in [-0.39, 0.29) is 23.7 Å². The van der Waals surface area contributed by atoms with Gasteiger partial charge in [0.25, 0.3) is 0 Å². The Morgan fingerprint density at radius 2 is 1.90 bits per heavy atom. The van der Waals surface area contributed by atoms with Crippen LogP contribution in [0.5, 0.6) is 0 Å². The standard InChI is InChI=1S/C16H26N2O.ClH/c1-13-8-5-6-9-14(13)16(2,3)12-18-15(19)10-7-11-17-4;/h5-6,8-9,17H,7,10-12H2,1-4H3,(H,18,19);1H. The first-order chi connectivity index (χ1) is 8.97. The molecule has 0 fully saturated rings. The molecule has 0 spiro atoms. The number of benzene rings is 1. The smallest absolute Gasteiger partial charge is 0.220 e. The van der Waals surface area contributed by atoms with Crippen LogP contribution < -0.4 is 10.6 Å². The summed E-state index contributed by atoms with van der Waals surface area (Å²) in [6.07, 6.45) is 1.47. The van der Waals surface area contributed by atoms with Crippen molar-refractivity contribution in [3.8, 4) is 0 Å². The number of halogens is 1. The number of carbonyl (C=O) groups is 1. The number of nitrogens with one attached hydrogen (secondary N) is 2. The molecule has 0 heterocycles. The summed E-state index contributed by atoms with van der Waals surface area (Å²) in [7, 11) is 1.90. The van der Waals surface area contributed by atoms with Crippen LogP contribution in [0.4, 0.5) is 0 Å². The van der Waals surface area contributed by atoms with Gasteiger partial charge in [-0.2, -0.15) is 0 Å². The van der Waals surface area contributed by atoms with E-state index in [2.05, 4.69) is 49.6 Å². The maximum Gasteiger partial charge on any atom is 0.220 e. The van der Waals surface area contributed by atoms with E-state index in [0.29, 0.717) is 13.0 Å². The lowest BCUT2D eigenvalue weighted by Crippen LogP contribution is -2.37. The Bertz CT molecular complexity index is 419. The molecule has 0 saturated heterocycles. The fraction of sp³-hybridized carbons (Fsp3) is 0.562. The van der Waals surface area contributed by atoms with E-state index in [9.17, 15) is 4.79 Å². The zero-order chi connectivity index (χ0) is 14.3. The van der Waals surface area contributed by atoms with Crippen LogP contribution in [0.3, 0.4) is 0 Å². The fourth-order valence-electron chi connectivity index (χ4n) is 2.26. The van der Waals surface area contributed by atoms with Crippen molar-refractivity contribution in [1.82, 2.24) is 10.6 Å². The van der Waals surface area contributed by atoms with Crippen molar-refractivity contribution in [1.29, 1.82) is 0 Å². The first-order valence-electron chi connectivity index (χ1n) is 6.95. The van der Waals surface area contributed by atoms with Gasteiger partial charge in [0, 0.05) is 18.4 Å². The average molecular weight is 299 g/mol. The molecule has 0 unspecified atom stereocenters. The molecule has 3 nitrogen and oxygen atoms in total. The second kappa shape index (κ2) is 8.98. The Morgan fingerprint density at radius 3 is 2.50 bits per heavy atom. The highest BCUT2D eigenvalue weighted by Crippen LogP contribution is 2.25. The Labute approximate surface area is 128 Å². The maximum absolute atomic E-state index is 11.7. The SMILES string of the molecule is CNCCCC(=O)NCC(C)(C)c1ccccc1C.Cl. The minimum Gasteiger partial charge on any atom is -0.355 e. The second-order valence-electron chi connectivity index (χ2n) is 5.68. The summed E-state index contributed by atoms with van der Waals surface area (Å²) in [6, 6.07) is 8.36. The molecule has 1 amide bonds. The summed E-state index contributed by atoms with van der Waals surface area (Å²) in [6.45, 7) is 8.02. The van der Waals surface area contributed by atoms with Crippen LogP contribution in [0.2, 0.25) is 0 Å². The molecule has 1 aromatic carbocycles. The molecule has 0 atom stereocenters. The largest absolute Gasteiger partial charge is 0.355 e. The lowest BCUT2D eigenvalue weighted by molar-refractivity contribution is -0.121. The predicted octanol–water partition coefficient (Wildman–Crippen LogP) is 2.81. The number of hydrogen-bond donors (Lipinski definition) is 2. The molecular weight excluding hydrogens is 272 g/mol. The molecule has 1 aromatic rings. The van der Waals surface area contributed by atoms with Crippen molar-refractivity contribution in [3.63, 3.8) is 0 Å². The van der Waals surface area contributed by atoms with Gasteiger partial charge in [0.05, 0.1) is 0 Å². The molecule has 0 aromatic heterocycles. The number of carbonyl (C=O) groups excluding carboxylic acids is 1. The number of aryl methyl sites for hydroxylation is 1. The first-order valence-corrected chi connectivity index (χ1v) is 6.95. The van der Waals surface area contributed by atoms with Crippen molar-refractivity contribution < 1.29 is 4.79 Å². The molecule has 20 heavy (non-hydrogen) atoms. The van der Waals surface area contributed by atoms with Gasteiger partial charge in [-0.25, -0.2) is 0 Å². The van der Waals surface area contributed by atoms with E-state index in [1.165, 1.54) is 11.1 Å². The van der Waals surface area contributed by atoms with Crippen LogP contribution in [0, 0.1) is 6.92 Å². The minimum absolute atomic E-state index is 0. The Balaban J connectivity index is 0.00000361. The average Bonchev–Trinajstić information content (AvgIpc) is 2.37. The van der Waals surface area contributed by atoms with Crippen LogP contribution in [0.15, 0.2) is 24.3 Å². The molecular formula is C16H27ClN2O. The van der Waals surface area contributed by atoms with Gasteiger partial charge in [0.2, 0.25) is 5.91 Å². The van der Waals surface area contributed by atoms with Crippen molar-refractivity contribution >= 4 is 18.3 Å². The highest BCUT2D eigenvalue weighted by molar-refractivity contribution is 5.85. The molecule has 0 aliphatic heterocycles. The minimum atomic E-state index is -0.0377. The van der Waals surface area contributed by atoms with E-state index in [0.717, 1.165) is 13.0 Å². The first kappa shape index (κ1) is 18.9. The number of hydrogen-bond acceptors (Lipinski definition) is 2. The van der Waals surface area contributed by atoms with Crippen LogP contribution >= 0.6 is 12.4 Å². The molecule has 114 valence electrons. The lowest BCUT2D eigenvalue weighted by Gasteiger charge is -2.27. The van der Waals surface area contributed by atoms with E-state index in [1.807, 2.05) is 13.1 Å². The van der Waals surface area contributed by atoms with Crippen LogP contribution in [-0.2, 0) is 10.2 Å². The van der Waals surface area contributed by atoms with Gasteiger partial charge in [-0.1, -0.05) is 38.1 Å². The predicted molar refractivity (Wildman–Crippen MR) is 87.6 cm³/mol. The summed E-state index contributed by atoms with van der Waals surface area (Å²) in [5, 5.41) is 6.09. The molecule has 1 rings (SSSR count). The third-order valence-electron chi connectivity index (χ3n) is 3.43. The van der Waals surface area contributed by atoms with Crippen LogP contribution in [0.1, 0.15) is 37.8 Å². The maximum atomic E-state index is 11.7. The lowest BCUT2D eigenvalue weighted by atomic mass is 9.82. The summed E-state index contributed by atoms with van der Waals surface area (Å²) in [4.78, 5) is 11.7. The molecule has 0 aliphatic carbocycles. The zero-order valence-electron chi connectivity index (χ0n) is 13.0. The van der Waals surface area contributed by atoms with Crippen molar-refractivity contribution in [2.45, 2.75) is 39.0 Å². The summed E-state index contributed by atoms with van der Waals surface area (Å²) in [5.74, 6) is 0.136. The van der Waals surface area contributed by atoms with Crippen molar-refractivity contribution in [2.24, 2.45) is 0 Å². The number of rotatable bonds is 7. The highest BCUT2D eigenvalue weighted by Gasteiger charge is 2.22. The van der Waals surface area contributed by atoms with Gasteiger partial charge in [-0.3, -0.25) is 4.79 Å². The van der Waals surface area contributed by atoms with Crippen molar-refractivity contribution in [3.05, 3.63) is 35.4 Å². The van der Waals surface area contributed by atoms with Gasteiger partial charge < -0.3 is 10.6 Å². The van der Waals surface area contributed by atoms with E-state index < -0.39 is 0 Å². The van der Waals surface area contributed by atoms with Gasteiger partial charge >= 0.3 is 0 Å². The monoisotopic (exact) mass is 298 g/mol. The zero-order valence-corrected chi connectivity index (χ0v) is 13.8. The molecule has 2 N–H and O–H groups in total. The Morgan fingerprint density at radius 1 is 1.25 bits per heavy atom. The highest BCUT2D eigenvalue weighted by atomic mass is 35.5. The van der Waals surface area contributed by atoms with Crippen molar-refractivity contribution in [2.75, 3.05) is 20.1 Å². The van der Waals surface area contributed by atoms with Crippen LogP contribution in [0.25, 0.3) is 0 Å². The second-order valence-corrected chi connectivity index (χ2v) is 5.68. The third kappa shape index (κ3) is 5.93. The van der Waals surface area contributed by atoms with E-state index >= 15 is 0 Å². The molecule has 0 radical (unpaired) electrons.